The molecule has 3 N–H and O–H groups in total. The zero-order valence-electron chi connectivity index (χ0n) is 23.9. The minimum absolute atomic E-state index is 0.0175. The number of rotatable bonds is 11. The average molecular weight is 636 g/mol. The van der Waals surface area contributed by atoms with Crippen LogP contribution in [-0.2, 0) is 22.3 Å². The number of benzene rings is 1. The van der Waals surface area contributed by atoms with Crippen LogP contribution in [0.1, 0.15) is 29.4 Å². The second-order valence-electron chi connectivity index (χ2n) is 10.2. The molecular formula is C29H27ClFN9O5. The number of tetrazole rings is 1. The molecule has 0 bridgehead atoms. The number of nitrogens with zero attached hydrogens (tertiary/aromatic N) is 7. The normalized spacial score (nSPS) is 14.1. The summed E-state index contributed by atoms with van der Waals surface area (Å²) in [5.74, 6) is -0.522. The van der Waals surface area contributed by atoms with Gasteiger partial charge in [-0.3, -0.25) is 4.79 Å². The molecule has 1 atom stereocenters. The molecule has 6 rings (SSSR count). The third kappa shape index (κ3) is 6.31. The predicted molar refractivity (Wildman–Crippen MR) is 159 cm³/mol. The fourth-order valence-electron chi connectivity index (χ4n) is 5.38. The molecule has 1 aliphatic rings. The van der Waals surface area contributed by atoms with Gasteiger partial charge in [0.2, 0.25) is 11.8 Å². The Bertz CT molecular complexity index is 1910. The van der Waals surface area contributed by atoms with Crippen molar-refractivity contribution in [3.8, 4) is 34.1 Å². The second kappa shape index (κ2) is 12.9. The third-order valence-electron chi connectivity index (χ3n) is 7.36. The number of hydrogen-bond acceptors (Lipinski definition) is 10. The van der Waals surface area contributed by atoms with Crippen molar-refractivity contribution in [1.82, 2.24) is 39.7 Å². The summed E-state index contributed by atoms with van der Waals surface area (Å²) in [6, 6.07) is 9.65. The van der Waals surface area contributed by atoms with E-state index < -0.39 is 18.1 Å². The molecular weight excluding hydrogens is 609 g/mol. The molecule has 5 aromatic rings. The van der Waals surface area contributed by atoms with Gasteiger partial charge in [-0.05, 0) is 59.2 Å². The van der Waals surface area contributed by atoms with Gasteiger partial charge in [-0.2, -0.15) is 14.1 Å². The van der Waals surface area contributed by atoms with Gasteiger partial charge in [0, 0.05) is 53.2 Å². The van der Waals surface area contributed by atoms with E-state index in [0.717, 1.165) is 5.69 Å². The monoisotopic (exact) mass is 635 g/mol. The lowest BCUT2D eigenvalue weighted by Gasteiger charge is -2.15. The molecule has 14 nitrogen and oxygen atoms in total. The molecule has 16 heteroatoms. The van der Waals surface area contributed by atoms with E-state index in [1.54, 1.807) is 35.9 Å². The Hall–Kier alpha value is -4.99. The fraction of sp³-hybridized carbons (Fsp3) is 0.276. The van der Waals surface area contributed by atoms with E-state index in [2.05, 4.69) is 30.5 Å². The third-order valence-corrected chi connectivity index (χ3v) is 7.60. The van der Waals surface area contributed by atoms with Gasteiger partial charge < -0.3 is 29.5 Å². The van der Waals surface area contributed by atoms with Crippen LogP contribution in [0.15, 0.2) is 53.7 Å². The van der Waals surface area contributed by atoms with Crippen molar-refractivity contribution in [2.24, 2.45) is 5.73 Å². The van der Waals surface area contributed by atoms with E-state index >= 15 is 4.39 Å². The number of H-pyrrole nitrogens is 1. The summed E-state index contributed by atoms with van der Waals surface area (Å²) in [6.45, 7) is 1.09. The average Bonchev–Trinajstić information content (AvgIpc) is 3.78. The van der Waals surface area contributed by atoms with Crippen molar-refractivity contribution >= 4 is 17.7 Å². The Morgan fingerprint density at radius 1 is 1.18 bits per heavy atom. The van der Waals surface area contributed by atoms with Crippen LogP contribution in [0.5, 0.6) is 5.88 Å². The predicted octanol–water partition coefficient (Wildman–Crippen LogP) is 3.27. The number of fused-ring (bicyclic) bond motifs is 1. The number of aromatic nitrogens is 8. The summed E-state index contributed by atoms with van der Waals surface area (Å²) in [6.07, 6.45) is 3.16. The maximum atomic E-state index is 15.4. The highest BCUT2D eigenvalue weighted by Gasteiger charge is 2.30. The first-order chi connectivity index (χ1) is 21.8. The minimum Gasteiger partial charge on any atom is -0.391 e. The molecule has 0 saturated carbocycles. The zero-order valence-corrected chi connectivity index (χ0v) is 24.7. The molecule has 0 aliphatic carbocycles. The highest BCUT2D eigenvalue weighted by Crippen LogP contribution is 2.36. The lowest BCUT2D eigenvalue weighted by atomic mass is 10.0. The highest BCUT2D eigenvalue weighted by atomic mass is 35.5. The van der Waals surface area contributed by atoms with Crippen LogP contribution in [0.3, 0.4) is 0 Å². The van der Waals surface area contributed by atoms with Gasteiger partial charge >= 0.3 is 6.09 Å². The molecule has 0 saturated heterocycles. The number of nitrogens with two attached hydrogens (primary N) is 1. The summed E-state index contributed by atoms with van der Waals surface area (Å²) < 4.78 is 34.0. The van der Waals surface area contributed by atoms with E-state index in [-0.39, 0.29) is 29.6 Å². The molecule has 5 heterocycles. The molecule has 1 aliphatic heterocycles. The lowest BCUT2D eigenvalue weighted by Crippen LogP contribution is -2.24. The Balaban J connectivity index is 1.30. The van der Waals surface area contributed by atoms with E-state index in [1.165, 1.54) is 23.3 Å². The number of carbonyl (C=O) groups excluding carboxylic acids is 1. The second-order valence-corrected chi connectivity index (χ2v) is 10.6. The van der Waals surface area contributed by atoms with E-state index in [1.807, 2.05) is 6.07 Å². The number of ether oxygens (including phenoxy) is 3. The van der Waals surface area contributed by atoms with Crippen molar-refractivity contribution in [3.63, 3.8) is 0 Å². The van der Waals surface area contributed by atoms with Gasteiger partial charge in [0.1, 0.15) is 12.2 Å². The molecule has 232 valence electrons. The van der Waals surface area contributed by atoms with Gasteiger partial charge in [-0.25, -0.2) is 9.78 Å². The Morgan fingerprint density at radius 3 is 2.82 bits per heavy atom. The van der Waals surface area contributed by atoms with Crippen LogP contribution in [0, 0.1) is 5.95 Å². The first-order valence-corrected chi connectivity index (χ1v) is 14.3. The summed E-state index contributed by atoms with van der Waals surface area (Å²) in [4.78, 5) is 36.3. The maximum absolute atomic E-state index is 15.4. The van der Waals surface area contributed by atoms with Crippen LogP contribution in [0.4, 0.5) is 9.18 Å². The highest BCUT2D eigenvalue weighted by molar-refractivity contribution is 6.31. The Morgan fingerprint density at radius 2 is 2.04 bits per heavy atom. The van der Waals surface area contributed by atoms with Gasteiger partial charge in [0.25, 0.3) is 5.56 Å². The molecule has 0 fully saturated rings. The minimum atomic E-state index is -1.02. The molecule has 0 spiro atoms. The molecule has 0 unspecified atom stereocenters. The van der Waals surface area contributed by atoms with Gasteiger partial charge in [-0.1, -0.05) is 11.6 Å². The largest absolute Gasteiger partial charge is 0.411 e. The first-order valence-electron chi connectivity index (χ1n) is 13.9. The first kappa shape index (κ1) is 30.1. The van der Waals surface area contributed by atoms with Crippen molar-refractivity contribution in [2.45, 2.75) is 25.3 Å². The summed E-state index contributed by atoms with van der Waals surface area (Å²) >= 11 is 6.30. The van der Waals surface area contributed by atoms with Gasteiger partial charge in [0.05, 0.1) is 37.2 Å². The standard InChI is InChI=1S/C29H27ClFN9O5/c1-43-8-9-44-7-6-16-10-18(14-33-28(16)45-29(32)42)27-35-25(26(31)36-27)23-5-3-20-11-17(12-24(41)40(20)23)21-13-19(30)2-4-22(21)39-15-34-37-38-39/h2,4,10-15,23H,3,5-9H2,1H3,(H2,32,42)(H,35,36)/t23-/m0/s1. The molecule has 1 aromatic carbocycles. The summed E-state index contributed by atoms with van der Waals surface area (Å²) in [5, 5.41) is 11.9. The number of carbonyl (C=O) groups is 1. The quantitative estimate of drug-likeness (QED) is 0.205. The van der Waals surface area contributed by atoms with Crippen molar-refractivity contribution in [2.75, 3.05) is 26.9 Å². The van der Waals surface area contributed by atoms with E-state index in [9.17, 15) is 9.59 Å². The summed E-state index contributed by atoms with van der Waals surface area (Å²) in [5.41, 5.74) is 8.69. The van der Waals surface area contributed by atoms with Crippen LogP contribution >= 0.6 is 11.6 Å². The molecule has 4 aromatic heterocycles. The lowest BCUT2D eigenvalue weighted by molar-refractivity contribution is 0.0720. The van der Waals surface area contributed by atoms with Gasteiger partial charge in [0.15, 0.2) is 0 Å². The number of methoxy groups -OCH3 is 1. The number of aromatic amines is 1. The van der Waals surface area contributed by atoms with E-state index in [4.69, 9.17) is 31.5 Å². The topological polar surface area (TPSA) is 178 Å². The number of pyridine rings is 2. The van der Waals surface area contributed by atoms with Crippen molar-refractivity contribution < 1.29 is 23.4 Å². The SMILES string of the molecule is COCCOCCc1cc(-c2nc(F)c([C@@H]3CCc4cc(-c5cc(Cl)ccc5-n5cnnn5)cc(=O)n43)[nH]2)cnc1OC(N)=O. The smallest absolute Gasteiger partial charge is 0.391 e. The molecule has 1 amide bonds. The maximum Gasteiger partial charge on any atom is 0.411 e. The van der Waals surface area contributed by atoms with Crippen molar-refractivity contribution in [1.29, 1.82) is 0 Å². The number of halogens is 2. The molecule has 0 radical (unpaired) electrons. The number of primary amides is 1. The number of imidazole rings is 1. The van der Waals surface area contributed by atoms with Crippen LogP contribution < -0.4 is 16.0 Å². The Kier molecular flexibility index (Phi) is 8.64. The van der Waals surface area contributed by atoms with Crippen LogP contribution in [0.2, 0.25) is 5.02 Å². The van der Waals surface area contributed by atoms with Crippen molar-refractivity contribution in [3.05, 3.63) is 87.2 Å². The Labute approximate surface area is 259 Å². The fourth-order valence-corrected chi connectivity index (χ4v) is 5.55. The number of hydrogen-bond donors (Lipinski definition) is 2. The van der Waals surface area contributed by atoms with Crippen LogP contribution in [0.25, 0.3) is 28.2 Å². The number of nitrogens with one attached hydrogen (secondary N) is 1. The zero-order chi connectivity index (χ0) is 31.5. The number of amides is 1. The van der Waals surface area contributed by atoms with E-state index in [0.29, 0.717) is 65.4 Å². The number of aryl methyl sites for hydroxylation is 1. The summed E-state index contributed by atoms with van der Waals surface area (Å²) in [7, 11) is 1.57. The van der Waals surface area contributed by atoms with Gasteiger partial charge in [-0.15, -0.1) is 5.10 Å². The van der Waals surface area contributed by atoms with Crippen LogP contribution in [-0.4, -0.2) is 72.7 Å². The molecule has 45 heavy (non-hydrogen) atoms.